The molecular weight excluding hydrogens is 334 g/mol. The molecular formula is C18H24FeP2. The van der Waals surface area contributed by atoms with Crippen molar-refractivity contribution in [1.29, 1.82) is 0 Å². The molecule has 12 aliphatic heterocycles. The van der Waals surface area contributed by atoms with E-state index in [9.17, 15) is 0 Å². The van der Waals surface area contributed by atoms with Crippen molar-refractivity contribution in [2.45, 2.75) is 72.3 Å². The van der Waals surface area contributed by atoms with Crippen LogP contribution in [0.3, 0.4) is 0 Å². The first-order valence-corrected chi connectivity index (χ1v) is 19.5. The second kappa shape index (κ2) is 0.956. The zero-order valence-corrected chi connectivity index (χ0v) is 15.4. The Balaban J connectivity index is 1.37. The first kappa shape index (κ1) is 9.18. The molecule has 0 nitrogen and oxygen atoms in total. The van der Waals surface area contributed by atoms with Gasteiger partial charge in [-0.05, 0) is 0 Å². The fourth-order valence-electron chi connectivity index (χ4n) is 20.2. The van der Waals surface area contributed by atoms with Crippen LogP contribution in [0, 0.1) is 0 Å². The monoisotopic (exact) mass is 358 g/mol. The molecule has 0 N–H and O–H groups in total. The molecule has 0 radical (unpaired) electrons. The van der Waals surface area contributed by atoms with Gasteiger partial charge in [0, 0.05) is 0 Å². The van der Waals surface area contributed by atoms with Crippen LogP contribution in [0.25, 0.3) is 0 Å². The molecule has 114 valence electrons. The molecule has 8 unspecified atom stereocenters. The summed E-state index contributed by atoms with van der Waals surface area (Å²) < 4.78 is 2.65. The van der Waals surface area contributed by atoms with E-state index in [-0.39, 0.29) is 0 Å². The Morgan fingerprint density at radius 2 is 0.905 bits per heavy atom. The van der Waals surface area contributed by atoms with Gasteiger partial charge < -0.3 is 0 Å². The molecule has 21 heavy (non-hydrogen) atoms. The summed E-state index contributed by atoms with van der Waals surface area (Å²) in [5.41, 5.74) is 0. The molecule has 12 saturated heterocycles. The van der Waals surface area contributed by atoms with Crippen LogP contribution < -0.4 is 0 Å². The van der Waals surface area contributed by atoms with Gasteiger partial charge in [-0.15, -0.1) is 0 Å². The van der Waals surface area contributed by atoms with Gasteiger partial charge in [0.1, 0.15) is 0 Å². The normalized spacial score (nSPS) is 112. The Morgan fingerprint density at radius 3 is 1.19 bits per heavy atom. The first-order chi connectivity index (χ1) is 10.1. The molecule has 0 aromatic carbocycles. The maximum absolute atomic E-state index is 2.91. The van der Waals surface area contributed by atoms with Crippen molar-refractivity contribution in [2.75, 3.05) is 24.6 Å². The van der Waals surface area contributed by atoms with Crippen LogP contribution >= 0.6 is 15.8 Å². The summed E-state index contributed by atoms with van der Waals surface area (Å²) in [4.78, 5) is 12.8. The molecule has 0 aromatic heterocycles. The molecule has 0 aliphatic carbocycles. The molecule has 0 saturated carbocycles. The molecule has 0 aromatic rings. The van der Waals surface area contributed by atoms with Crippen LogP contribution in [0.4, 0.5) is 0 Å². The quantitative estimate of drug-likeness (QED) is 0.436. The van der Waals surface area contributed by atoms with Crippen LogP contribution in [0.15, 0.2) is 0 Å². The average molecular weight is 358 g/mol. The number of rotatable bonds is 2. The minimum absolute atomic E-state index is 0.602. The number of hydrogen-bond donors (Lipinski definition) is 0. The van der Waals surface area contributed by atoms with Gasteiger partial charge in [0.2, 0.25) is 0 Å². The molecule has 12 fully saturated rings. The van der Waals surface area contributed by atoms with E-state index in [1.54, 1.807) is 88.9 Å². The summed E-state index contributed by atoms with van der Waals surface area (Å²) >= 11 is 0. The van der Waals surface area contributed by atoms with Gasteiger partial charge in [-0.3, -0.25) is 0 Å². The van der Waals surface area contributed by atoms with Crippen LogP contribution in [0.1, 0.15) is 25.7 Å². The van der Waals surface area contributed by atoms with Crippen molar-refractivity contribution >= 4 is 15.8 Å². The van der Waals surface area contributed by atoms with Crippen LogP contribution in [0.2, 0.25) is 38.5 Å². The van der Waals surface area contributed by atoms with Crippen molar-refractivity contribution in [3.8, 4) is 0 Å². The van der Waals surface area contributed by atoms with Crippen LogP contribution in [0.5, 0.6) is 0 Å². The van der Waals surface area contributed by atoms with Crippen molar-refractivity contribution in [3.05, 3.63) is 0 Å². The van der Waals surface area contributed by atoms with E-state index in [1.165, 1.54) is 8.11 Å². The molecule has 0 amide bonds. The van der Waals surface area contributed by atoms with Gasteiger partial charge in [-0.2, -0.15) is 0 Å². The van der Waals surface area contributed by atoms with E-state index in [0.29, 0.717) is 15.8 Å². The third-order valence-electron chi connectivity index (χ3n) is 17.8. The Labute approximate surface area is 119 Å². The third-order valence-corrected chi connectivity index (χ3v) is 75.8. The maximum atomic E-state index is 1.79. The summed E-state index contributed by atoms with van der Waals surface area (Å²) in [7, 11) is 1.20. The Kier molecular flexibility index (Phi) is 0.418. The van der Waals surface area contributed by atoms with E-state index >= 15 is 0 Å². The van der Waals surface area contributed by atoms with Gasteiger partial charge in [-0.1, -0.05) is 0 Å². The fourth-order valence-corrected chi connectivity index (χ4v) is 130. The molecule has 3 heteroatoms. The predicted octanol–water partition coefficient (Wildman–Crippen LogP) is 5.74. The van der Waals surface area contributed by atoms with Crippen molar-refractivity contribution in [2.24, 2.45) is 0 Å². The SMILES string of the molecule is C1CCP([C]23[CH]4[CH]5[CH]6[CH]2[Fe]56432789[CH]3[CH]2[CH]7[C]8(P2CCCC2)[CH]39)C1. The van der Waals surface area contributed by atoms with Gasteiger partial charge >= 0.3 is 119 Å². The van der Waals surface area contributed by atoms with E-state index < -0.39 is 6.51 Å². The zero-order chi connectivity index (χ0) is 12.7. The topological polar surface area (TPSA) is 0 Å². The Hall–Kier alpha value is 1.38. The standard InChI is InChI=1S/2C9H12P.Fe/c2*1-2-6-9(5-1)10-7-3-4-8-10;/h2*1-2,5-6H,3-4,7-8H2;. The predicted molar refractivity (Wildman–Crippen MR) is 87.2 cm³/mol. The first-order valence-electron chi connectivity index (χ1n) is 9.85. The summed E-state index contributed by atoms with van der Waals surface area (Å²) in [6, 6.07) is 0. The van der Waals surface area contributed by atoms with Crippen LogP contribution in [-0.2, 0) is 6.51 Å². The molecule has 12 aliphatic rings. The summed E-state index contributed by atoms with van der Waals surface area (Å²) in [5, 5.41) is 0. The van der Waals surface area contributed by atoms with Gasteiger partial charge in [0.15, 0.2) is 0 Å². The second-order valence-electron chi connectivity index (χ2n) is 13.1. The van der Waals surface area contributed by atoms with Gasteiger partial charge in [0.05, 0.1) is 0 Å². The molecule has 0 bridgehead atoms. The molecule has 1 spiro atoms. The Morgan fingerprint density at radius 1 is 0.571 bits per heavy atom. The molecule has 12 heterocycles. The zero-order valence-electron chi connectivity index (χ0n) is 12.5. The van der Waals surface area contributed by atoms with Crippen LogP contribution in [-0.4, -0.2) is 32.8 Å². The van der Waals surface area contributed by atoms with E-state index in [4.69, 9.17) is 0 Å². The van der Waals surface area contributed by atoms with Gasteiger partial charge in [-0.25, -0.2) is 0 Å². The van der Waals surface area contributed by atoms with E-state index in [2.05, 4.69) is 0 Å². The summed E-state index contributed by atoms with van der Waals surface area (Å²) in [5.74, 6) is 0. The van der Waals surface area contributed by atoms with Crippen molar-refractivity contribution in [3.63, 3.8) is 0 Å². The summed E-state index contributed by atoms with van der Waals surface area (Å²) in [6.07, 6.45) is 13.8. The summed E-state index contributed by atoms with van der Waals surface area (Å²) in [6.45, 7) is -2.91. The number of fused-ring (bicyclic) bond motifs is 10. The third kappa shape index (κ3) is 0.125. The molecule has 8 atom stereocenters. The molecule has 12 rings (SSSR count). The fraction of sp³-hybridized carbons (Fsp3) is 1.00. The average Bonchev–Trinajstić information content (AvgIpc) is 3.40. The Bertz CT molecular complexity index is 1030. The van der Waals surface area contributed by atoms with Crippen molar-refractivity contribution in [1.82, 2.24) is 0 Å². The van der Waals surface area contributed by atoms with Crippen molar-refractivity contribution < 1.29 is 6.51 Å². The van der Waals surface area contributed by atoms with E-state index in [1.807, 2.05) is 0 Å². The number of hydrogen-bond acceptors (Lipinski definition) is 0. The second-order valence-corrected chi connectivity index (χ2v) is 42.5. The minimum atomic E-state index is -2.91. The van der Waals surface area contributed by atoms with E-state index in [0.717, 1.165) is 0 Å². The van der Waals surface area contributed by atoms with Gasteiger partial charge in [0.25, 0.3) is 0 Å².